The molecular formula is C17H23N3O3. The zero-order chi connectivity index (χ0) is 16.4. The van der Waals surface area contributed by atoms with Gasteiger partial charge in [0.1, 0.15) is 0 Å². The molecule has 6 heteroatoms. The molecule has 23 heavy (non-hydrogen) atoms. The number of amides is 2. The number of hydrogen-bond acceptors (Lipinski definition) is 4. The molecule has 2 atom stereocenters. The Labute approximate surface area is 136 Å². The fourth-order valence-corrected chi connectivity index (χ4v) is 2.85. The van der Waals surface area contributed by atoms with E-state index in [0.29, 0.717) is 32.7 Å². The first-order valence-electron chi connectivity index (χ1n) is 8.01. The van der Waals surface area contributed by atoms with Crippen LogP contribution in [-0.4, -0.2) is 57.1 Å². The van der Waals surface area contributed by atoms with Crippen molar-refractivity contribution in [3.63, 3.8) is 0 Å². The Balaban J connectivity index is 1.52. The van der Waals surface area contributed by atoms with Crippen LogP contribution in [0.5, 0.6) is 0 Å². The smallest absolute Gasteiger partial charge is 0.228 e. The van der Waals surface area contributed by atoms with Gasteiger partial charge in [-0.05, 0) is 30.7 Å². The lowest BCUT2D eigenvalue weighted by molar-refractivity contribution is -0.137. The van der Waals surface area contributed by atoms with Gasteiger partial charge < -0.3 is 19.9 Å². The SMILES string of the molecule is CN(C)c1ccc(NC(=O)C2CC2C(=O)N2CCOCC2)cc1. The minimum Gasteiger partial charge on any atom is -0.378 e. The van der Waals surface area contributed by atoms with E-state index >= 15 is 0 Å². The largest absolute Gasteiger partial charge is 0.378 e. The van der Waals surface area contributed by atoms with E-state index in [1.165, 1.54) is 0 Å². The molecule has 1 N–H and O–H groups in total. The van der Waals surface area contributed by atoms with Gasteiger partial charge in [0.25, 0.3) is 0 Å². The van der Waals surface area contributed by atoms with Crippen LogP contribution in [0.2, 0.25) is 0 Å². The molecule has 0 radical (unpaired) electrons. The standard InChI is InChI=1S/C17H23N3O3/c1-19(2)13-5-3-12(4-6-13)18-16(21)14-11-15(14)17(22)20-7-9-23-10-8-20/h3-6,14-15H,7-11H2,1-2H3,(H,18,21). The third kappa shape index (κ3) is 3.64. The predicted molar refractivity (Wildman–Crippen MR) is 88.4 cm³/mol. The van der Waals surface area contributed by atoms with Crippen LogP contribution in [0.15, 0.2) is 24.3 Å². The van der Waals surface area contributed by atoms with Crippen molar-refractivity contribution in [1.29, 1.82) is 0 Å². The number of anilines is 2. The molecule has 1 aliphatic heterocycles. The zero-order valence-electron chi connectivity index (χ0n) is 13.6. The lowest BCUT2D eigenvalue weighted by Gasteiger charge is -2.27. The molecule has 1 aromatic carbocycles. The summed E-state index contributed by atoms with van der Waals surface area (Å²) in [7, 11) is 3.94. The molecule has 2 amide bonds. The molecule has 2 unspecified atom stereocenters. The molecule has 0 bridgehead atoms. The number of ether oxygens (including phenoxy) is 1. The molecule has 2 aliphatic rings. The first kappa shape index (κ1) is 15.8. The molecule has 1 aliphatic carbocycles. The summed E-state index contributed by atoms with van der Waals surface area (Å²) in [5, 5.41) is 2.90. The van der Waals surface area contributed by atoms with Crippen LogP contribution in [0.3, 0.4) is 0 Å². The molecule has 124 valence electrons. The van der Waals surface area contributed by atoms with E-state index in [-0.39, 0.29) is 23.7 Å². The highest BCUT2D eigenvalue weighted by Gasteiger charge is 2.49. The molecular weight excluding hydrogens is 294 g/mol. The summed E-state index contributed by atoms with van der Waals surface area (Å²) in [6.45, 7) is 2.45. The van der Waals surface area contributed by atoms with Crippen LogP contribution in [0, 0.1) is 11.8 Å². The van der Waals surface area contributed by atoms with Crippen molar-refractivity contribution in [3.8, 4) is 0 Å². The van der Waals surface area contributed by atoms with Gasteiger partial charge in [0.15, 0.2) is 0 Å². The van der Waals surface area contributed by atoms with Crippen LogP contribution in [0.4, 0.5) is 11.4 Å². The average Bonchev–Trinajstić information content (AvgIpc) is 3.36. The van der Waals surface area contributed by atoms with Crippen molar-refractivity contribution in [3.05, 3.63) is 24.3 Å². The van der Waals surface area contributed by atoms with E-state index in [9.17, 15) is 9.59 Å². The molecule has 2 fully saturated rings. The maximum absolute atomic E-state index is 12.3. The summed E-state index contributed by atoms with van der Waals surface area (Å²) in [5.41, 5.74) is 1.85. The van der Waals surface area contributed by atoms with Crippen molar-refractivity contribution in [2.24, 2.45) is 11.8 Å². The Bertz CT molecular complexity index is 579. The first-order valence-corrected chi connectivity index (χ1v) is 8.01. The molecule has 3 rings (SSSR count). The minimum absolute atomic E-state index is 0.0609. The quantitative estimate of drug-likeness (QED) is 0.906. The van der Waals surface area contributed by atoms with Crippen LogP contribution in [0.25, 0.3) is 0 Å². The predicted octanol–water partition coefficient (Wildman–Crippen LogP) is 1.19. The van der Waals surface area contributed by atoms with Gasteiger partial charge in [0, 0.05) is 38.6 Å². The second-order valence-electron chi connectivity index (χ2n) is 6.32. The third-order valence-electron chi connectivity index (χ3n) is 4.42. The van der Waals surface area contributed by atoms with Gasteiger partial charge in [-0.2, -0.15) is 0 Å². The van der Waals surface area contributed by atoms with Crippen LogP contribution >= 0.6 is 0 Å². The zero-order valence-corrected chi connectivity index (χ0v) is 13.6. The number of benzene rings is 1. The molecule has 1 heterocycles. The first-order chi connectivity index (χ1) is 11.1. The fraction of sp³-hybridized carbons (Fsp3) is 0.529. The lowest BCUT2D eigenvalue weighted by atomic mass is 10.2. The Morgan fingerprint density at radius 2 is 1.78 bits per heavy atom. The summed E-state index contributed by atoms with van der Waals surface area (Å²) in [6.07, 6.45) is 0.651. The van der Waals surface area contributed by atoms with Crippen LogP contribution in [0.1, 0.15) is 6.42 Å². The second kappa shape index (κ2) is 6.58. The highest BCUT2D eigenvalue weighted by atomic mass is 16.5. The van der Waals surface area contributed by atoms with E-state index < -0.39 is 0 Å². The van der Waals surface area contributed by atoms with Gasteiger partial charge in [-0.25, -0.2) is 0 Å². The number of nitrogens with zero attached hydrogens (tertiary/aromatic N) is 2. The topological polar surface area (TPSA) is 61.9 Å². The van der Waals surface area contributed by atoms with Crippen molar-refractivity contribution in [2.75, 3.05) is 50.6 Å². The molecule has 0 aromatic heterocycles. The molecule has 1 saturated heterocycles. The van der Waals surface area contributed by atoms with Crippen molar-refractivity contribution in [1.82, 2.24) is 4.90 Å². The van der Waals surface area contributed by atoms with E-state index in [0.717, 1.165) is 11.4 Å². The summed E-state index contributed by atoms with van der Waals surface area (Å²) in [6, 6.07) is 7.68. The Morgan fingerprint density at radius 3 is 2.39 bits per heavy atom. The van der Waals surface area contributed by atoms with Crippen LogP contribution < -0.4 is 10.2 Å². The highest BCUT2D eigenvalue weighted by molar-refractivity contribution is 5.99. The van der Waals surface area contributed by atoms with Crippen molar-refractivity contribution >= 4 is 23.2 Å². The van der Waals surface area contributed by atoms with Gasteiger partial charge in [-0.15, -0.1) is 0 Å². The summed E-state index contributed by atoms with van der Waals surface area (Å²) in [5.74, 6) is -0.321. The van der Waals surface area contributed by atoms with Gasteiger partial charge in [-0.3, -0.25) is 9.59 Å². The Hall–Kier alpha value is -2.08. The number of carbonyl (C=O) groups is 2. The van der Waals surface area contributed by atoms with Gasteiger partial charge in [-0.1, -0.05) is 0 Å². The number of rotatable bonds is 4. The normalized spacial score (nSPS) is 23.3. The van der Waals surface area contributed by atoms with E-state index in [2.05, 4.69) is 5.32 Å². The maximum atomic E-state index is 12.3. The van der Waals surface area contributed by atoms with Crippen molar-refractivity contribution in [2.45, 2.75) is 6.42 Å². The van der Waals surface area contributed by atoms with Crippen LogP contribution in [-0.2, 0) is 14.3 Å². The summed E-state index contributed by atoms with van der Waals surface area (Å²) < 4.78 is 5.25. The number of nitrogens with one attached hydrogen (secondary N) is 1. The summed E-state index contributed by atoms with van der Waals surface area (Å²) >= 11 is 0. The second-order valence-corrected chi connectivity index (χ2v) is 6.32. The third-order valence-corrected chi connectivity index (χ3v) is 4.42. The average molecular weight is 317 g/mol. The van der Waals surface area contributed by atoms with Gasteiger partial charge in [0.05, 0.1) is 25.0 Å². The van der Waals surface area contributed by atoms with E-state index in [4.69, 9.17) is 4.74 Å². The Morgan fingerprint density at radius 1 is 1.13 bits per heavy atom. The molecule has 6 nitrogen and oxygen atoms in total. The number of hydrogen-bond donors (Lipinski definition) is 1. The van der Waals surface area contributed by atoms with E-state index in [1.807, 2.05) is 48.2 Å². The lowest BCUT2D eigenvalue weighted by Crippen LogP contribution is -2.42. The number of carbonyl (C=O) groups excluding carboxylic acids is 2. The highest BCUT2D eigenvalue weighted by Crippen LogP contribution is 2.41. The number of morpholine rings is 1. The molecule has 1 saturated carbocycles. The molecule has 1 aromatic rings. The summed E-state index contributed by atoms with van der Waals surface area (Å²) in [4.78, 5) is 28.4. The fourth-order valence-electron chi connectivity index (χ4n) is 2.85. The monoisotopic (exact) mass is 317 g/mol. The van der Waals surface area contributed by atoms with Gasteiger partial charge in [0.2, 0.25) is 11.8 Å². The van der Waals surface area contributed by atoms with E-state index in [1.54, 1.807) is 0 Å². The van der Waals surface area contributed by atoms with Crippen molar-refractivity contribution < 1.29 is 14.3 Å². The molecule has 0 spiro atoms. The Kier molecular flexibility index (Phi) is 4.52. The van der Waals surface area contributed by atoms with Gasteiger partial charge >= 0.3 is 0 Å². The maximum Gasteiger partial charge on any atom is 0.228 e. The minimum atomic E-state index is -0.195.